The minimum atomic E-state index is -4.49. The van der Waals surface area contributed by atoms with Gasteiger partial charge in [-0.3, -0.25) is 0 Å². The maximum absolute atomic E-state index is 11.9. The third-order valence-electron chi connectivity index (χ3n) is 8.05. The molecule has 0 amide bonds. The molecule has 4 aromatic carbocycles. The van der Waals surface area contributed by atoms with Crippen LogP contribution in [0.2, 0.25) is 0 Å². The Morgan fingerprint density at radius 1 is 0.511 bits per heavy atom. The Morgan fingerprint density at radius 2 is 0.822 bits per heavy atom. The molecule has 0 heterocycles. The van der Waals surface area contributed by atoms with Crippen LogP contribution in [0, 0.1) is 0 Å². The van der Waals surface area contributed by atoms with Crippen molar-refractivity contribution in [1.82, 2.24) is 0 Å². The monoisotopic (exact) mass is 662 g/mol. The molecule has 0 unspecified atom stereocenters. The summed E-state index contributed by atoms with van der Waals surface area (Å²) < 4.78 is 71.4. The summed E-state index contributed by atoms with van der Waals surface area (Å²) in [6.45, 7) is 8.35. The van der Waals surface area contributed by atoms with E-state index in [1.54, 1.807) is 24.3 Å². The Balaban J connectivity index is 0.000000307. The first-order valence-electron chi connectivity index (χ1n) is 16.0. The molecule has 0 spiro atoms. The van der Waals surface area contributed by atoms with E-state index in [0.717, 1.165) is 97.2 Å². The van der Waals surface area contributed by atoms with Gasteiger partial charge in [0.1, 0.15) is 20.2 Å². The molecule has 0 bridgehead atoms. The van der Waals surface area contributed by atoms with Crippen LogP contribution in [0.25, 0.3) is 21.5 Å². The molecule has 240 valence electrons. The number of aryl methyl sites for hydroxylation is 2. The average Bonchev–Trinajstić information content (AvgIpc) is 2.98. The summed E-state index contributed by atoms with van der Waals surface area (Å²) in [5, 5.41) is 2.79. The first-order chi connectivity index (χ1) is 21.0. The van der Waals surface area contributed by atoms with Gasteiger partial charge >= 0.3 is 23.1 Å². The zero-order chi connectivity index (χ0) is 32.3. The molecule has 0 atom stereocenters. The third-order valence-corrected chi connectivity index (χ3v) is 9.99. The van der Waals surface area contributed by atoms with E-state index in [0.29, 0.717) is 23.6 Å². The van der Waals surface area contributed by atoms with Crippen LogP contribution in [0.4, 0.5) is 0 Å². The quantitative estimate of drug-likeness (QED) is 0.0988. The van der Waals surface area contributed by atoms with Crippen molar-refractivity contribution >= 4 is 64.8 Å². The molecule has 0 N–H and O–H groups in total. The molecule has 0 aromatic heterocycles. The van der Waals surface area contributed by atoms with Crippen molar-refractivity contribution < 1.29 is 25.9 Å². The SMILES string of the molecule is CCCCc1cc2ccccc2c(S(=O)(=O)[O-])c1CCCC.CCCCc1cc2ccccc2c(S(=O)(=O)[O-])c1CCCC.[Mg+2]. The number of fused-ring (bicyclic) bond motifs is 2. The Morgan fingerprint density at radius 3 is 1.13 bits per heavy atom. The summed E-state index contributed by atoms with van der Waals surface area (Å²) >= 11 is 0. The van der Waals surface area contributed by atoms with Crippen LogP contribution in [-0.2, 0) is 45.9 Å². The van der Waals surface area contributed by atoms with Gasteiger partial charge in [-0.05, 0) is 95.2 Å². The summed E-state index contributed by atoms with van der Waals surface area (Å²) in [5.74, 6) is 0. The normalized spacial score (nSPS) is 11.7. The van der Waals surface area contributed by atoms with Gasteiger partial charge in [-0.1, -0.05) is 114 Å². The Hall–Kier alpha value is -2.01. The van der Waals surface area contributed by atoms with E-state index in [-0.39, 0.29) is 32.8 Å². The summed E-state index contributed by atoms with van der Waals surface area (Å²) in [6, 6.07) is 18.7. The van der Waals surface area contributed by atoms with E-state index in [2.05, 4.69) is 39.8 Å². The molecule has 0 aliphatic heterocycles. The molecule has 45 heavy (non-hydrogen) atoms. The van der Waals surface area contributed by atoms with E-state index in [1.807, 2.05) is 24.3 Å². The smallest absolute Gasteiger partial charge is 0.744 e. The largest absolute Gasteiger partial charge is 2.00 e. The Bertz CT molecular complexity index is 1630. The average molecular weight is 663 g/mol. The van der Waals surface area contributed by atoms with Crippen LogP contribution in [0.3, 0.4) is 0 Å². The molecular weight excluding hydrogens is 617 g/mol. The van der Waals surface area contributed by atoms with Crippen LogP contribution in [0.15, 0.2) is 70.5 Å². The third kappa shape index (κ3) is 10.5. The molecule has 9 heteroatoms. The van der Waals surface area contributed by atoms with Crippen LogP contribution >= 0.6 is 0 Å². The summed E-state index contributed by atoms with van der Waals surface area (Å²) in [4.78, 5) is 0.00954. The van der Waals surface area contributed by atoms with Gasteiger partial charge in [0.05, 0.1) is 9.79 Å². The molecule has 0 saturated heterocycles. The van der Waals surface area contributed by atoms with Crippen LogP contribution < -0.4 is 0 Å². The molecule has 4 aromatic rings. The van der Waals surface area contributed by atoms with Gasteiger partial charge in [-0.2, -0.15) is 0 Å². The van der Waals surface area contributed by atoms with Crippen molar-refractivity contribution in [1.29, 1.82) is 0 Å². The van der Waals surface area contributed by atoms with Gasteiger partial charge in [0.25, 0.3) is 0 Å². The molecular formula is C36H46MgO6S2. The van der Waals surface area contributed by atoms with Crippen molar-refractivity contribution in [3.05, 3.63) is 82.9 Å². The minimum absolute atomic E-state index is 0. The summed E-state index contributed by atoms with van der Waals surface area (Å²) in [7, 11) is -8.98. The molecule has 0 fully saturated rings. The van der Waals surface area contributed by atoms with E-state index >= 15 is 0 Å². The zero-order valence-electron chi connectivity index (χ0n) is 27.2. The molecule has 4 rings (SSSR count). The van der Waals surface area contributed by atoms with Gasteiger partial charge in [0.15, 0.2) is 0 Å². The number of hydrogen-bond acceptors (Lipinski definition) is 6. The fraction of sp³-hybridized carbons (Fsp3) is 0.444. The number of benzene rings is 4. The van der Waals surface area contributed by atoms with Gasteiger partial charge in [-0.25, -0.2) is 16.8 Å². The Kier molecular flexibility index (Phi) is 16.0. The minimum Gasteiger partial charge on any atom is -0.744 e. The first kappa shape index (κ1) is 39.2. The fourth-order valence-corrected chi connectivity index (χ4v) is 7.81. The van der Waals surface area contributed by atoms with Crippen molar-refractivity contribution in [3.63, 3.8) is 0 Å². The predicted molar refractivity (Wildman–Crippen MR) is 184 cm³/mol. The van der Waals surface area contributed by atoms with Gasteiger partial charge in [-0.15, -0.1) is 0 Å². The Labute approximate surface area is 286 Å². The van der Waals surface area contributed by atoms with Gasteiger partial charge in [0.2, 0.25) is 0 Å². The van der Waals surface area contributed by atoms with Crippen LogP contribution in [-0.4, -0.2) is 49.0 Å². The van der Waals surface area contributed by atoms with Crippen molar-refractivity contribution in [2.45, 2.75) is 115 Å². The standard InChI is InChI=1S/2C18H24O3S.Mg/c2*1-3-5-9-14-13-15-10-7-8-12-17(15)18(22(19,20)21)16(14)11-6-4-2;/h2*7-8,10,12-13H,3-6,9,11H2,1-2H3,(H,19,20,21);/q;;+2/p-2. The van der Waals surface area contributed by atoms with Crippen LogP contribution in [0.5, 0.6) is 0 Å². The van der Waals surface area contributed by atoms with E-state index in [9.17, 15) is 25.9 Å². The number of rotatable bonds is 14. The fourth-order valence-electron chi connectivity index (χ4n) is 5.83. The summed E-state index contributed by atoms with van der Waals surface area (Å²) in [5.41, 5.74) is 3.51. The number of unbranched alkanes of at least 4 members (excludes halogenated alkanes) is 4. The number of hydrogen-bond donors (Lipinski definition) is 0. The van der Waals surface area contributed by atoms with Gasteiger partial charge < -0.3 is 9.11 Å². The molecule has 0 radical (unpaired) electrons. The maximum atomic E-state index is 11.9. The second-order valence-electron chi connectivity index (χ2n) is 11.5. The molecule has 0 aliphatic carbocycles. The molecule has 0 saturated carbocycles. The van der Waals surface area contributed by atoms with Crippen molar-refractivity contribution in [2.75, 3.05) is 0 Å². The van der Waals surface area contributed by atoms with E-state index < -0.39 is 20.2 Å². The topological polar surface area (TPSA) is 114 Å². The second kappa shape index (κ2) is 18.4. The first-order valence-corrected chi connectivity index (χ1v) is 18.8. The van der Waals surface area contributed by atoms with E-state index in [4.69, 9.17) is 0 Å². The maximum Gasteiger partial charge on any atom is 2.00 e. The predicted octanol–water partition coefficient (Wildman–Crippen LogP) is 8.48. The van der Waals surface area contributed by atoms with Gasteiger partial charge in [0, 0.05) is 0 Å². The molecule has 6 nitrogen and oxygen atoms in total. The van der Waals surface area contributed by atoms with Crippen LogP contribution in [0.1, 0.15) is 101 Å². The van der Waals surface area contributed by atoms with E-state index in [1.165, 1.54) is 0 Å². The van der Waals surface area contributed by atoms with Crippen molar-refractivity contribution in [3.8, 4) is 0 Å². The second-order valence-corrected chi connectivity index (χ2v) is 14.1. The summed E-state index contributed by atoms with van der Waals surface area (Å²) in [6.07, 6.45) is 10.7. The molecule has 0 aliphatic rings. The zero-order valence-corrected chi connectivity index (χ0v) is 30.3. The van der Waals surface area contributed by atoms with Crippen molar-refractivity contribution in [2.24, 2.45) is 0 Å².